The van der Waals surface area contributed by atoms with Crippen LogP contribution < -0.4 is 10.6 Å². The fraction of sp³-hybridized carbons (Fsp3) is 0.227. The number of ether oxygens (including phenoxy) is 1. The van der Waals surface area contributed by atoms with Crippen molar-refractivity contribution < 1.29 is 28.7 Å². The highest BCUT2D eigenvalue weighted by Crippen LogP contribution is 2.26. The average Bonchev–Trinajstić information content (AvgIpc) is 3.00. The number of hydrogen-bond acceptors (Lipinski definition) is 6. The molecule has 1 aliphatic heterocycles. The number of benzene rings is 2. The molecule has 0 spiro atoms. The Hall–Kier alpha value is -4.01. The number of rotatable bonds is 6. The van der Waals surface area contributed by atoms with E-state index in [4.69, 9.17) is 4.74 Å². The first kappa shape index (κ1) is 21.7. The molecule has 0 saturated heterocycles. The monoisotopic (exact) mass is 423 g/mol. The number of hydrogen-bond donors (Lipinski definition) is 2. The molecule has 1 heterocycles. The number of anilines is 1. The highest BCUT2D eigenvalue weighted by atomic mass is 16.5. The van der Waals surface area contributed by atoms with Crippen molar-refractivity contribution in [3.63, 3.8) is 0 Å². The Kier molecular flexibility index (Phi) is 6.15. The zero-order valence-electron chi connectivity index (χ0n) is 17.2. The molecule has 1 aliphatic rings. The van der Waals surface area contributed by atoms with Crippen LogP contribution in [0.3, 0.4) is 0 Å². The van der Waals surface area contributed by atoms with E-state index in [-0.39, 0.29) is 17.0 Å². The smallest absolute Gasteiger partial charge is 0.329 e. The maximum atomic E-state index is 12.6. The van der Waals surface area contributed by atoms with E-state index in [0.717, 1.165) is 10.5 Å². The second kappa shape index (κ2) is 8.78. The third kappa shape index (κ3) is 4.45. The third-order valence-electron chi connectivity index (χ3n) is 4.81. The van der Waals surface area contributed by atoms with E-state index in [9.17, 15) is 24.0 Å². The molecule has 2 aromatic rings. The van der Waals surface area contributed by atoms with Crippen LogP contribution in [0, 0.1) is 6.92 Å². The summed E-state index contributed by atoms with van der Waals surface area (Å²) < 4.78 is 4.99. The van der Waals surface area contributed by atoms with E-state index < -0.39 is 36.3 Å². The number of amides is 4. The zero-order chi connectivity index (χ0) is 22.7. The number of imide groups is 1. The highest BCUT2D eigenvalue weighted by molar-refractivity contribution is 6.22. The number of carbonyl (C=O) groups is 5. The van der Waals surface area contributed by atoms with Crippen molar-refractivity contribution in [1.29, 1.82) is 0 Å². The second-order valence-corrected chi connectivity index (χ2v) is 7.02. The van der Waals surface area contributed by atoms with Crippen LogP contribution in [0.2, 0.25) is 0 Å². The molecule has 160 valence electrons. The lowest BCUT2D eigenvalue weighted by atomic mass is 10.1. The summed E-state index contributed by atoms with van der Waals surface area (Å²) in [4.78, 5) is 61.9. The van der Waals surface area contributed by atoms with Gasteiger partial charge in [-0.3, -0.25) is 24.1 Å². The Morgan fingerprint density at radius 2 is 1.65 bits per heavy atom. The van der Waals surface area contributed by atoms with E-state index in [0.29, 0.717) is 11.3 Å². The third-order valence-corrected chi connectivity index (χ3v) is 4.81. The summed E-state index contributed by atoms with van der Waals surface area (Å²) in [5.74, 6) is -2.90. The van der Waals surface area contributed by atoms with Crippen LogP contribution >= 0.6 is 0 Å². The number of nitrogens with zero attached hydrogens (tertiary/aromatic N) is 1. The molecule has 9 nitrogen and oxygen atoms in total. The molecule has 0 aliphatic carbocycles. The van der Waals surface area contributed by atoms with E-state index in [1.165, 1.54) is 38.2 Å². The average molecular weight is 423 g/mol. The standard InChI is InChI=1S/C22H21N3O6/c1-12-4-9-16-17(10-12)21(29)25(20(16)28)13(2)22(30)31-11-18(26)24-15-7-5-14(6-8-15)19(27)23-3/h4-10,13H,11H2,1-3H3,(H,23,27)(H,24,26). The van der Waals surface area contributed by atoms with Crippen molar-refractivity contribution in [2.24, 2.45) is 0 Å². The summed E-state index contributed by atoms with van der Waals surface area (Å²) in [6.45, 7) is 2.57. The van der Waals surface area contributed by atoms with Crippen molar-refractivity contribution in [1.82, 2.24) is 10.2 Å². The van der Waals surface area contributed by atoms with E-state index in [1.54, 1.807) is 25.1 Å². The number of fused-ring (bicyclic) bond motifs is 1. The van der Waals surface area contributed by atoms with E-state index in [2.05, 4.69) is 10.6 Å². The zero-order valence-corrected chi connectivity index (χ0v) is 17.2. The molecule has 1 unspecified atom stereocenters. The topological polar surface area (TPSA) is 122 Å². The van der Waals surface area contributed by atoms with Gasteiger partial charge in [0.15, 0.2) is 6.61 Å². The SMILES string of the molecule is CNC(=O)c1ccc(NC(=O)COC(=O)C(C)N2C(=O)c3ccc(C)cc3C2=O)cc1. The van der Waals surface area contributed by atoms with Crippen LogP contribution in [0.4, 0.5) is 5.69 Å². The lowest BCUT2D eigenvalue weighted by Gasteiger charge is -2.20. The van der Waals surface area contributed by atoms with Crippen LogP contribution in [-0.2, 0) is 14.3 Å². The van der Waals surface area contributed by atoms with Crippen molar-refractivity contribution >= 4 is 35.3 Å². The highest BCUT2D eigenvalue weighted by Gasteiger charge is 2.41. The van der Waals surface area contributed by atoms with Crippen molar-refractivity contribution in [3.05, 3.63) is 64.7 Å². The van der Waals surface area contributed by atoms with Gasteiger partial charge in [0.25, 0.3) is 23.6 Å². The van der Waals surface area contributed by atoms with Gasteiger partial charge in [0.2, 0.25) is 0 Å². The Bertz CT molecular complexity index is 1080. The molecule has 1 atom stereocenters. The van der Waals surface area contributed by atoms with Gasteiger partial charge < -0.3 is 15.4 Å². The van der Waals surface area contributed by atoms with Crippen LogP contribution in [0.25, 0.3) is 0 Å². The molecule has 0 aromatic heterocycles. The molecule has 31 heavy (non-hydrogen) atoms. The van der Waals surface area contributed by atoms with Gasteiger partial charge in [-0.15, -0.1) is 0 Å². The lowest BCUT2D eigenvalue weighted by Crippen LogP contribution is -2.44. The largest absolute Gasteiger partial charge is 0.454 e. The molecule has 9 heteroatoms. The lowest BCUT2D eigenvalue weighted by molar-refractivity contribution is -0.150. The van der Waals surface area contributed by atoms with Crippen LogP contribution in [0.15, 0.2) is 42.5 Å². The van der Waals surface area contributed by atoms with E-state index >= 15 is 0 Å². The first-order chi connectivity index (χ1) is 14.7. The summed E-state index contributed by atoms with van der Waals surface area (Å²) in [7, 11) is 1.51. The molecular weight excluding hydrogens is 402 g/mol. The van der Waals surface area contributed by atoms with Gasteiger partial charge in [-0.05, 0) is 50.2 Å². The summed E-state index contributed by atoms with van der Waals surface area (Å²) >= 11 is 0. The van der Waals surface area contributed by atoms with Crippen LogP contribution in [0.5, 0.6) is 0 Å². The molecule has 3 rings (SSSR count). The van der Waals surface area contributed by atoms with Gasteiger partial charge in [-0.1, -0.05) is 11.6 Å². The molecule has 0 radical (unpaired) electrons. The summed E-state index contributed by atoms with van der Waals surface area (Å²) in [6.07, 6.45) is 0. The number of aryl methyl sites for hydroxylation is 1. The van der Waals surface area contributed by atoms with Gasteiger partial charge >= 0.3 is 5.97 Å². The van der Waals surface area contributed by atoms with Crippen molar-refractivity contribution in [2.45, 2.75) is 19.9 Å². The Morgan fingerprint density at radius 3 is 2.29 bits per heavy atom. The number of carbonyl (C=O) groups excluding carboxylic acids is 5. The molecule has 0 saturated carbocycles. The van der Waals surface area contributed by atoms with Gasteiger partial charge in [0, 0.05) is 18.3 Å². The quantitative estimate of drug-likeness (QED) is 0.537. The Labute approximate surface area is 178 Å². The Morgan fingerprint density at radius 1 is 1.00 bits per heavy atom. The van der Waals surface area contributed by atoms with Gasteiger partial charge in [0.1, 0.15) is 6.04 Å². The van der Waals surface area contributed by atoms with Crippen LogP contribution in [0.1, 0.15) is 43.6 Å². The maximum absolute atomic E-state index is 12.6. The van der Waals surface area contributed by atoms with E-state index in [1.807, 2.05) is 0 Å². The summed E-state index contributed by atoms with van der Waals surface area (Å²) in [6, 6.07) is 9.80. The predicted octanol–water partition coefficient (Wildman–Crippen LogP) is 1.52. The molecule has 4 amide bonds. The first-order valence-corrected chi connectivity index (χ1v) is 9.50. The number of nitrogens with one attached hydrogen (secondary N) is 2. The van der Waals surface area contributed by atoms with Gasteiger partial charge in [-0.25, -0.2) is 4.79 Å². The van der Waals surface area contributed by atoms with Gasteiger partial charge in [0.05, 0.1) is 11.1 Å². The molecular formula is C22H21N3O6. The molecule has 0 bridgehead atoms. The van der Waals surface area contributed by atoms with Crippen LogP contribution in [-0.4, -0.2) is 54.2 Å². The fourth-order valence-electron chi connectivity index (χ4n) is 3.13. The minimum absolute atomic E-state index is 0.230. The van der Waals surface area contributed by atoms with Crippen molar-refractivity contribution in [2.75, 3.05) is 19.0 Å². The molecule has 2 N–H and O–H groups in total. The normalized spacial score (nSPS) is 13.5. The number of esters is 1. The molecule has 2 aromatic carbocycles. The van der Waals surface area contributed by atoms with Crippen molar-refractivity contribution in [3.8, 4) is 0 Å². The predicted molar refractivity (Wildman–Crippen MR) is 111 cm³/mol. The maximum Gasteiger partial charge on any atom is 0.329 e. The minimum Gasteiger partial charge on any atom is -0.454 e. The Balaban J connectivity index is 1.57. The summed E-state index contributed by atoms with van der Waals surface area (Å²) in [5, 5.41) is 5.02. The summed E-state index contributed by atoms with van der Waals surface area (Å²) in [5.41, 5.74) is 2.13. The second-order valence-electron chi connectivity index (χ2n) is 7.02. The fourth-order valence-corrected chi connectivity index (χ4v) is 3.13. The first-order valence-electron chi connectivity index (χ1n) is 9.50. The molecule has 0 fully saturated rings. The minimum atomic E-state index is -1.19. The van der Waals surface area contributed by atoms with Gasteiger partial charge in [-0.2, -0.15) is 0 Å².